The van der Waals surface area contributed by atoms with E-state index in [1.165, 1.54) is 82.9 Å². The van der Waals surface area contributed by atoms with E-state index in [4.69, 9.17) is 9.97 Å². The van der Waals surface area contributed by atoms with Gasteiger partial charge in [0.05, 0.1) is 39.5 Å². The number of fused-ring (bicyclic) bond motifs is 12. The van der Waals surface area contributed by atoms with Crippen LogP contribution >= 0.6 is 0 Å². The largest absolute Gasteiger partial charge is 0.333 e. The summed E-state index contributed by atoms with van der Waals surface area (Å²) in [6.45, 7) is 4.77. The van der Waals surface area contributed by atoms with Gasteiger partial charge in [-0.05, 0) is 130 Å². The van der Waals surface area contributed by atoms with Crippen molar-refractivity contribution in [2.45, 2.75) is 31.2 Å². The lowest BCUT2D eigenvalue weighted by Crippen LogP contribution is -2.28. The van der Waals surface area contributed by atoms with E-state index in [2.05, 4.69) is 277 Å². The summed E-state index contributed by atoms with van der Waals surface area (Å²) in [5.74, 6) is 0.909. The van der Waals surface area contributed by atoms with Gasteiger partial charge in [0.1, 0.15) is 0 Å². The quantitative estimate of drug-likeness (QED) is 0.160. The molecular weight excluding hydrogens is 947 g/mol. The van der Waals surface area contributed by atoms with Gasteiger partial charge in [0.15, 0.2) is 5.82 Å². The van der Waals surface area contributed by atoms with E-state index >= 15 is 0 Å². The number of benzene rings is 10. The Bertz CT molecular complexity index is 4600. The average molecular weight is 998 g/mol. The minimum absolute atomic E-state index is 0.120. The Morgan fingerprint density at radius 3 is 1.67 bits per heavy atom. The van der Waals surface area contributed by atoms with Gasteiger partial charge in [-0.3, -0.25) is 0 Å². The molecule has 0 saturated heterocycles. The van der Waals surface area contributed by atoms with Gasteiger partial charge < -0.3 is 14.0 Å². The standard InChI is InChI=1S/C73H51N5/c1-73(2)62-30-15-12-27-54(62)57-43-61-56-29-14-17-32-67(56)78(71(61)44-63(57)73)53-35-38-70-60(42-53)59-41-49(48-33-36-68-58(40-48)55-28-13-16-31-66(55)76(68)51-24-10-5-11-25-51)34-37-69(59)77(70)52-26-18-23-50(39-52)72-74-64(46-19-6-3-7-20-46)45-65(75-72)47-21-8-4-9-22-47/h3-45,56,67H,1-2H3. The Kier molecular flexibility index (Phi) is 9.74. The van der Waals surface area contributed by atoms with Crippen LogP contribution in [0.25, 0.3) is 111 Å². The molecule has 3 aliphatic rings. The molecule has 10 aromatic carbocycles. The Labute approximate surface area is 453 Å². The van der Waals surface area contributed by atoms with Crippen molar-refractivity contribution in [1.82, 2.24) is 19.1 Å². The van der Waals surface area contributed by atoms with E-state index in [9.17, 15) is 0 Å². The van der Waals surface area contributed by atoms with Crippen molar-refractivity contribution in [2.24, 2.45) is 0 Å². The molecule has 3 aromatic heterocycles. The van der Waals surface area contributed by atoms with Gasteiger partial charge in [-0.25, -0.2) is 9.97 Å². The van der Waals surface area contributed by atoms with Gasteiger partial charge in [-0.2, -0.15) is 0 Å². The van der Waals surface area contributed by atoms with Crippen molar-refractivity contribution in [3.8, 4) is 67.5 Å². The van der Waals surface area contributed by atoms with Gasteiger partial charge in [0.2, 0.25) is 0 Å². The third kappa shape index (κ3) is 6.74. The van der Waals surface area contributed by atoms with Gasteiger partial charge in [0.25, 0.3) is 0 Å². The summed E-state index contributed by atoms with van der Waals surface area (Å²) < 4.78 is 4.83. The highest BCUT2D eigenvalue weighted by atomic mass is 15.2. The predicted octanol–water partition coefficient (Wildman–Crippen LogP) is 18.4. The molecule has 5 nitrogen and oxygen atoms in total. The Morgan fingerprint density at radius 1 is 0.372 bits per heavy atom. The van der Waals surface area contributed by atoms with Gasteiger partial charge >= 0.3 is 0 Å². The van der Waals surface area contributed by atoms with E-state index in [0.29, 0.717) is 5.82 Å². The summed E-state index contributed by atoms with van der Waals surface area (Å²) >= 11 is 0. The predicted molar refractivity (Wildman–Crippen MR) is 323 cm³/mol. The number of nitrogens with zero attached hydrogens (tertiary/aromatic N) is 5. The second-order valence-corrected chi connectivity index (χ2v) is 21.7. The van der Waals surface area contributed by atoms with Crippen LogP contribution in [0.15, 0.2) is 261 Å². The molecule has 1 aliphatic heterocycles. The number of para-hydroxylation sites is 2. The van der Waals surface area contributed by atoms with Crippen molar-refractivity contribution in [2.75, 3.05) is 4.90 Å². The van der Waals surface area contributed by atoms with Crippen molar-refractivity contribution >= 4 is 55.0 Å². The summed E-state index contributed by atoms with van der Waals surface area (Å²) in [5.41, 5.74) is 23.2. The molecule has 0 amide bonds. The maximum absolute atomic E-state index is 5.26. The lowest BCUT2D eigenvalue weighted by Gasteiger charge is -2.29. The first-order valence-electron chi connectivity index (χ1n) is 27.1. The number of rotatable bonds is 7. The summed E-state index contributed by atoms with van der Waals surface area (Å²) in [6, 6.07) is 86.6. The van der Waals surface area contributed by atoms with Crippen LogP contribution < -0.4 is 4.90 Å². The third-order valence-electron chi connectivity index (χ3n) is 17.0. The molecule has 0 saturated carbocycles. The SMILES string of the molecule is CC1(C)c2ccccc2-c2cc3c(cc21)N(c1ccc2c(c1)c1cc(-c4ccc5c(c4)c4ccccc4n5-c4ccccc4)ccc1n2-c1cccc(-c2nc(-c4ccccc4)cc(-c4ccccc4)n2)c1)C1C=CC=CC31. The Morgan fingerprint density at radius 2 is 0.936 bits per heavy atom. The van der Waals surface area contributed by atoms with Gasteiger partial charge in [0, 0.05) is 72.3 Å². The normalized spacial score (nSPS) is 15.8. The smallest absolute Gasteiger partial charge is 0.160 e. The summed E-state index contributed by atoms with van der Waals surface area (Å²) in [7, 11) is 0. The number of aromatic nitrogens is 4. The molecule has 2 atom stereocenters. The molecule has 5 heteroatoms. The van der Waals surface area contributed by atoms with Crippen molar-refractivity contribution in [1.29, 1.82) is 0 Å². The van der Waals surface area contributed by atoms with Crippen molar-refractivity contribution in [3.63, 3.8) is 0 Å². The zero-order valence-corrected chi connectivity index (χ0v) is 43.2. The van der Waals surface area contributed by atoms with Gasteiger partial charge in [-0.1, -0.05) is 184 Å². The molecule has 4 heterocycles. The van der Waals surface area contributed by atoms with E-state index < -0.39 is 0 Å². The lowest BCUT2D eigenvalue weighted by molar-refractivity contribution is 0.660. The average Bonchev–Trinajstić information content (AvgIpc) is 4.26. The highest BCUT2D eigenvalue weighted by Gasteiger charge is 2.42. The van der Waals surface area contributed by atoms with Crippen LogP contribution in [0.5, 0.6) is 0 Å². The van der Waals surface area contributed by atoms with E-state index in [1.54, 1.807) is 0 Å². The first-order valence-corrected chi connectivity index (χ1v) is 27.1. The fraction of sp³-hybridized carbons (Fsp3) is 0.0685. The topological polar surface area (TPSA) is 38.9 Å². The number of hydrogen-bond acceptors (Lipinski definition) is 3. The van der Waals surface area contributed by atoms with Crippen LogP contribution in [0, 0.1) is 0 Å². The fourth-order valence-corrected chi connectivity index (χ4v) is 13.3. The molecule has 0 spiro atoms. The number of allylic oxidation sites excluding steroid dienone is 2. The van der Waals surface area contributed by atoms with Crippen LogP contribution in [-0.2, 0) is 5.41 Å². The first-order chi connectivity index (χ1) is 38.4. The van der Waals surface area contributed by atoms with Crippen LogP contribution in [0.4, 0.5) is 11.4 Å². The number of anilines is 2. The van der Waals surface area contributed by atoms with Gasteiger partial charge in [-0.15, -0.1) is 0 Å². The van der Waals surface area contributed by atoms with E-state index in [1.807, 2.05) is 12.1 Å². The lowest BCUT2D eigenvalue weighted by atomic mass is 9.81. The highest BCUT2D eigenvalue weighted by molar-refractivity contribution is 6.13. The van der Waals surface area contributed by atoms with Crippen LogP contribution in [0.3, 0.4) is 0 Å². The van der Waals surface area contributed by atoms with E-state index in [0.717, 1.165) is 50.5 Å². The van der Waals surface area contributed by atoms with Crippen LogP contribution in [0.2, 0.25) is 0 Å². The summed E-state index contributed by atoms with van der Waals surface area (Å²) in [5, 5.41) is 4.86. The second kappa shape index (κ2) is 17.1. The van der Waals surface area contributed by atoms with Crippen molar-refractivity contribution in [3.05, 3.63) is 278 Å². The molecule has 16 rings (SSSR count). The fourth-order valence-electron chi connectivity index (χ4n) is 13.3. The van der Waals surface area contributed by atoms with Crippen LogP contribution in [0.1, 0.15) is 36.5 Å². The minimum atomic E-state index is -0.120. The third-order valence-corrected chi connectivity index (χ3v) is 17.0. The molecule has 2 unspecified atom stereocenters. The molecule has 78 heavy (non-hydrogen) atoms. The summed E-state index contributed by atoms with van der Waals surface area (Å²) in [6.07, 6.45) is 9.26. The number of hydrogen-bond donors (Lipinski definition) is 0. The second-order valence-electron chi connectivity index (χ2n) is 21.7. The monoisotopic (exact) mass is 997 g/mol. The minimum Gasteiger partial charge on any atom is -0.333 e. The zero-order chi connectivity index (χ0) is 51.6. The molecule has 0 fully saturated rings. The van der Waals surface area contributed by atoms with E-state index in [-0.39, 0.29) is 17.4 Å². The zero-order valence-electron chi connectivity index (χ0n) is 43.2. The van der Waals surface area contributed by atoms with Crippen LogP contribution in [-0.4, -0.2) is 25.1 Å². The molecule has 2 aliphatic carbocycles. The molecule has 368 valence electrons. The first kappa shape index (κ1) is 44.5. The highest BCUT2D eigenvalue weighted by Crippen LogP contribution is 2.56. The molecule has 0 radical (unpaired) electrons. The maximum atomic E-state index is 5.26. The molecule has 13 aromatic rings. The Balaban J connectivity index is 0.894. The summed E-state index contributed by atoms with van der Waals surface area (Å²) in [4.78, 5) is 13.1. The molecule has 0 bridgehead atoms. The molecular formula is C73H51N5. The molecule has 0 N–H and O–H groups in total. The van der Waals surface area contributed by atoms with Crippen molar-refractivity contribution < 1.29 is 0 Å². The Hall–Kier alpha value is -9.84. The maximum Gasteiger partial charge on any atom is 0.160 e.